The zero-order valence-corrected chi connectivity index (χ0v) is 9.72. The number of hydrazone groups is 1. The summed E-state index contributed by atoms with van der Waals surface area (Å²) in [5, 5.41) is 5.24. The molecule has 3 nitrogen and oxygen atoms in total. The van der Waals surface area contributed by atoms with E-state index < -0.39 is 0 Å². The first kappa shape index (κ1) is 11.0. The monoisotopic (exact) mass is 226 g/mol. The van der Waals surface area contributed by atoms with Crippen molar-refractivity contribution < 1.29 is 37.5 Å². The van der Waals surface area contributed by atoms with Gasteiger partial charge in [0.1, 0.15) is 0 Å². The van der Waals surface area contributed by atoms with Crippen molar-refractivity contribution in [3.8, 4) is 0 Å². The summed E-state index contributed by atoms with van der Waals surface area (Å²) in [6.45, 7) is 3.51. The molecule has 1 aliphatic rings. The summed E-state index contributed by atoms with van der Waals surface area (Å²) in [5.41, 5.74) is 1.33. The van der Waals surface area contributed by atoms with Gasteiger partial charge in [-0.3, -0.25) is 10.1 Å². The molecule has 1 amide bonds. The largest absolute Gasteiger partial charge is 3.00 e. The van der Waals surface area contributed by atoms with Gasteiger partial charge < -0.3 is 4.79 Å². The van der Waals surface area contributed by atoms with Crippen LogP contribution in [0.5, 0.6) is 0 Å². The number of allylic oxidation sites excluding steroid dienone is 1. The standard InChI is InChI=1S/C7H9N2O.Y/c1-4-6-5(2)8-9(3)7(6)10;/h1-3H3;/q-1;+3. The summed E-state index contributed by atoms with van der Waals surface area (Å²) in [6.07, 6.45) is 2.79. The number of hydrogen-bond acceptors (Lipinski definition) is 2. The van der Waals surface area contributed by atoms with Crippen LogP contribution in [-0.2, 0) is 37.5 Å². The first-order valence-corrected chi connectivity index (χ1v) is 3.05. The summed E-state index contributed by atoms with van der Waals surface area (Å²) in [5.74, 6) is -0.0694. The molecule has 0 bridgehead atoms. The Kier molecular flexibility index (Phi) is 4.11. The first-order chi connectivity index (χ1) is 4.66. The normalized spacial score (nSPS) is 20.3. The zero-order valence-electron chi connectivity index (χ0n) is 6.88. The Morgan fingerprint density at radius 1 is 1.55 bits per heavy atom. The average Bonchev–Trinajstić information content (AvgIpc) is 2.09. The molecule has 0 aromatic carbocycles. The molecule has 0 unspecified atom stereocenters. The fraction of sp³-hybridized carbons (Fsp3) is 0.429. The third-order valence-corrected chi connectivity index (χ3v) is 1.42. The predicted octanol–water partition coefficient (Wildman–Crippen LogP) is 0.581. The van der Waals surface area contributed by atoms with Gasteiger partial charge in [-0.15, -0.1) is 5.57 Å². The molecule has 0 radical (unpaired) electrons. The maximum Gasteiger partial charge on any atom is 3.00 e. The second-order valence-corrected chi connectivity index (χ2v) is 2.14. The molecule has 1 rings (SSSR count). The third kappa shape index (κ3) is 1.97. The molecular formula is C7H9N2OY+2. The number of hydrogen-bond donors (Lipinski definition) is 0. The number of likely N-dealkylation sites (N-methyl/N-ethyl adjacent to an activating group) is 1. The molecule has 0 aliphatic carbocycles. The minimum Gasteiger partial charge on any atom is -0.345 e. The van der Waals surface area contributed by atoms with Gasteiger partial charge in [0.15, 0.2) is 5.91 Å². The molecule has 1 aliphatic heterocycles. The number of rotatable bonds is 0. The van der Waals surface area contributed by atoms with E-state index in [4.69, 9.17) is 0 Å². The van der Waals surface area contributed by atoms with E-state index >= 15 is 0 Å². The molecule has 0 saturated heterocycles. The van der Waals surface area contributed by atoms with E-state index in [2.05, 4.69) is 11.2 Å². The van der Waals surface area contributed by atoms with Gasteiger partial charge in [0.25, 0.3) is 0 Å². The topological polar surface area (TPSA) is 32.7 Å². The number of nitrogens with zero attached hydrogens (tertiary/aromatic N) is 2. The van der Waals surface area contributed by atoms with Crippen LogP contribution in [-0.4, -0.2) is 23.7 Å². The zero-order chi connectivity index (χ0) is 7.72. The molecule has 0 spiro atoms. The molecule has 0 fully saturated rings. The Hall–Kier alpha value is -0.0161. The molecular weight excluding hydrogens is 217 g/mol. The van der Waals surface area contributed by atoms with Crippen molar-refractivity contribution >= 4 is 11.6 Å². The second-order valence-electron chi connectivity index (χ2n) is 2.14. The van der Waals surface area contributed by atoms with Crippen LogP contribution in [0.1, 0.15) is 13.8 Å². The summed E-state index contributed by atoms with van der Waals surface area (Å²) >= 11 is 0. The molecule has 54 valence electrons. The predicted molar refractivity (Wildman–Crippen MR) is 38.3 cm³/mol. The Labute approximate surface area is 91.4 Å². The van der Waals surface area contributed by atoms with Gasteiger partial charge in [0.2, 0.25) is 0 Å². The van der Waals surface area contributed by atoms with Crippen molar-refractivity contribution in [2.75, 3.05) is 7.05 Å². The van der Waals surface area contributed by atoms with Crippen LogP contribution in [0.2, 0.25) is 0 Å². The van der Waals surface area contributed by atoms with Gasteiger partial charge in [-0.1, -0.05) is 13.8 Å². The van der Waals surface area contributed by atoms with Crippen LogP contribution >= 0.6 is 0 Å². The molecule has 0 saturated carbocycles. The average molecular weight is 226 g/mol. The Balaban J connectivity index is 0.000001000. The van der Waals surface area contributed by atoms with Gasteiger partial charge in [0, 0.05) is 7.05 Å². The van der Waals surface area contributed by atoms with E-state index in [1.54, 1.807) is 20.9 Å². The van der Waals surface area contributed by atoms with Gasteiger partial charge in [-0.25, -0.2) is 0 Å². The second kappa shape index (κ2) is 4.12. The SMILES string of the molecule is C[C-]=C1C(=O)N(C)N=C1C.[Y+3]. The van der Waals surface area contributed by atoms with Crippen LogP contribution in [0.4, 0.5) is 0 Å². The minimum atomic E-state index is -0.0694. The molecule has 11 heavy (non-hydrogen) atoms. The van der Waals surface area contributed by atoms with Crippen molar-refractivity contribution in [2.24, 2.45) is 5.10 Å². The Morgan fingerprint density at radius 2 is 2.09 bits per heavy atom. The van der Waals surface area contributed by atoms with Crippen LogP contribution in [0.25, 0.3) is 0 Å². The van der Waals surface area contributed by atoms with Crippen molar-refractivity contribution in [3.05, 3.63) is 11.6 Å². The van der Waals surface area contributed by atoms with Crippen LogP contribution in [0, 0.1) is 6.08 Å². The summed E-state index contributed by atoms with van der Waals surface area (Å²) in [6, 6.07) is 0. The quantitative estimate of drug-likeness (QED) is 0.439. The molecule has 0 atom stereocenters. The number of amides is 1. The maximum atomic E-state index is 11.1. The van der Waals surface area contributed by atoms with E-state index in [1.807, 2.05) is 0 Å². The summed E-state index contributed by atoms with van der Waals surface area (Å²) in [7, 11) is 1.64. The molecule has 0 N–H and O–H groups in total. The van der Waals surface area contributed by atoms with Crippen molar-refractivity contribution in [3.63, 3.8) is 0 Å². The Bertz CT molecular complexity index is 233. The minimum absolute atomic E-state index is 0. The first-order valence-electron chi connectivity index (χ1n) is 3.05. The maximum absolute atomic E-state index is 11.1. The van der Waals surface area contributed by atoms with Crippen LogP contribution in [0.3, 0.4) is 0 Å². The molecule has 1 heterocycles. The van der Waals surface area contributed by atoms with Gasteiger partial charge in [-0.05, 0) is 5.71 Å². The van der Waals surface area contributed by atoms with Gasteiger partial charge >= 0.3 is 32.7 Å². The van der Waals surface area contributed by atoms with E-state index in [-0.39, 0.29) is 38.6 Å². The third-order valence-electron chi connectivity index (χ3n) is 1.42. The smallest absolute Gasteiger partial charge is 0.345 e. The van der Waals surface area contributed by atoms with E-state index in [0.29, 0.717) is 5.57 Å². The molecule has 0 aromatic heterocycles. The molecule has 0 aromatic rings. The van der Waals surface area contributed by atoms with E-state index in [1.165, 1.54) is 5.01 Å². The number of carbonyl (C=O) groups is 1. The molecule has 4 heteroatoms. The van der Waals surface area contributed by atoms with Crippen molar-refractivity contribution in [1.29, 1.82) is 0 Å². The van der Waals surface area contributed by atoms with E-state index in [0.717, 1.165) is 5.71 Å². The van der Waals surface area contributed by atoms with E-state index in [9.17, 15) is 4.79 Å². The number of carbonyl (C=O) groups excluding carboxylic acids is 1. The van der Waals surface area contributed by atoms with Crippen molar-refractivity contribution in [2.45, 2.75) is 13.8 Å². The van der Waals surface area contributed by atoms with Crippen molar-refractivity contribution in [1.82, 2.24) is 5.01 Å². The fourth-order valence-electron chi connectivity index (χ4n) is 0.925. The summed E-state index contributed by atoms with van der Waals surface area (Å²) in [4.78, 5) is 11.1. The van der Waals surface area contributed by atoms with Crippen LogP contribution in [0.15, 0.2) is 10.7 Å². The van der Waals surface area contributed by atoms with Gasteiger partial charge in [-0.2, -0.15) is 6.08 Å². The Morgan fingerprint density at radius 3 is 2.27 bits per heavy atom. The fourth-order valence-corrected chi connectivity index (χ4v) is 0.925. The van der Waals surface area contributed by atoms with Gasteiger partial charge in [0.05, 0.1) is 0 Å². The summed E-state index contributed by atoms with van der Waals surface area (Å²) < 4.78 is 0. The van der Waals surface area contributed by atoms with Crippen LogP contribution < -0.4 is 0 Å².